The molecular formula is C27H32BrN3O7S. The molecular weight excluding hydrogens is 590 g/mol. The lowest BCUT2D eigenvalue weighted by atomic mass is 9.90. The van der Waals surface area contributed by atoms with E-state index in [1.807, 2.05) is 19.9 Å². The van der Waals surface area contributed by atoms with Crippen molar-refractivity contribution >= 4 is 43.6 Å². The Labute approximate surface area is 236 Å². The average molecular weight is 623 g/mol. The lowest BCUT2D eigenvalue weighted by Crippen LogP contribution is -2.54. The minimum atomic E-state index is -3.78. The SMILES string of the molecule is CC(C)[C@H](NS(=O)(=O)Cc1ccccc1)C1=CC(Cc2ccccc2)(C(=O)N[C@@H](CC(=O)O)C(=O)CBr)ON1. The Morgan fingerprint density at radius 2 is 1.62 bits per heavy atom. The van der Waals surface area contributed by atoms with E-state index in [1.54, 1.807) is 54.6 Å². The molecule has 0 fully saturated rings. The summed E-state index contributed by atoms with van der Waals surface area (Å²) in [6, 6.07) is 15.7. The van der Waals surface area contributed by atoms with Crippen LogP contribution in [0, 0.1) is 5.92 Å². The number of alkyl halides is 1. The van der Waals surface area contributed by atoms with E-state index in [0.29, 0.717) is 11.3 Å². The van der Waals surface area contributed by atoms with Crippen molar-refractivity contribution in [2.45, 2.75) is 50.1 Å². The standard InChI is InChI=1S/C27H32BrN3O7S/c1-18(2)25(31-39(36,37)17-20-11-7-4-8-12-20)22-15-27(38-30-22,14-19-9-5-3-6-10-19)26(35)29-21(13-24(33)34)23(32)16-28/h3-12,15,18,21,25,30-31H,13-14,16-17H2,1-2H3,(H,29,35)(H,33,34)/t21-,25-,27?/m0/s1. The molecule has 0 saturated carbocycles. The zero-order chi connectivity index (χ0) is 28.6. The van der Waals surface area contributed by atoms with Gasteiger partial charge in [-0.1, -0.05) is 90.4 Å². The molecule has 0 radical (unpaired) electrons. The first-order valence-electron chi connectivity index (χ1n) is 12.3. The lowest BCUT2D eigenvalue weighted by molar-refractivity contribution is -0.147. The van der Waals surface area contributed by atoms with Crippen LogP contribution in [0.15, 0.2) is 72.4 Å². The Kier molecular flexibility index (Phi) is 10.4. The van der Waals surface area contributed by atoms with Gasteiger partial charge in [0, 0.05) is 6.42 Å². The van der Waals surface area contributed by atoms with Gasteiger partial charge in [-0.3, -0.25) is 24.7 Å². The van der Waals surface area contributed by atoms with Crippen molar-refractivity contribution in [2.24, 2.45) is 5.92 Å². The normalized spacial score (nSPS) is 18.6. The summed E-state index contributed by atoms with van der Waals surface area (Å²) in [5, 5.41) is 11.6. The molecule has 1 heterocycles. The van der Waals surface area contributed by atoms with E-state index < -0.39 is 51.8 Å². The van der Waals surface area contributed by atoms with Crippen LogP contribution in [-0.4, -0.2) is 54.2 Å². The monoisotopic (exact) mass is 621 g/mol. The van der Waals surface area contributed by atoms with E-state index in [9.17, 15) is 27.9 Å². The van der Waals surface area contributed by atoms with Crippen LogP contribution in [0.1, 0.15) is 31.4 Å². The van der Waals surface area contributed by atoms with Gasteiger partial charge in [0.15, 0.2) is 11.4 Å². The highest BCUT2D eigenvalue weighted by molar-refractivity contribution is 9.09. The van der Waals surface area contributed by atoms with Gasteiger partial charge >= 0.3 is 5.97 Å². The highest BCUT2D eigenvalue weighted by Crippen LogP contribution is 2.29. The lowest BCUT2D eigenvalue weighted by Gasteiger charge is -2.27. The second-order valence-electron chi connectivity index (χ2n) is 9.66. The zero-order valence-corrected chi connectivity index (χ0v) is 24.0. The number of rotatable bonds is 14. The predicted octanol–water partition coefficient (Wildman–Crippen LogP) is 2.45. The number of hydrogen-bond donors (Lipinski definition) is 4. The number of halogens is 1. The maximum Gasteiger partial charge on any atom is 0.305 e. The first-order valence-corrected chi connectivity index (χ1v) is 15.1. The third-order valence-corrected chi connectivity index (χ3v) is 8.02. The largest absolute Gasteiger partial charge is 0.481 e. The summed E-state index contributed by atoms with van der Waals surface area (Å²) >= 11 is 3.03. The molecule has 210 valence electrons. The predicted molar refractivity (Wildman–Crippen MR) is 149 cm³/mol. The molecule has 0 bridgehead atoms. The van der Waals surface area contributed by atoms with Gasteiger partial charge in [0.25, 0.3) is 5.91 Å². The average Bonchev–Trinajstić information content (AvgIpc) is 3.31. The number of ketones is 1. The summed E-state index contributed by atoms with van der Waals surface area (Å²) in [7, 11) is -3.78. The van der Waals surface area contributed by atoms with Crippen molar-refractivity contribution in [3.63, 3.8) is 0 Å². The van der Waals surface area contributed by atoms with Crippen molar-refractivity contribution < 1.29 is 32.7 Å². The van der Waals surface area contributed by atoms with Gasteiger partial charge in [-0.2, -0.15) is 0 Å². The van der Waals surface area contributed by atoms with Gasteiger partial charge in [-0.05, 0) is 23.1 Å². The van der Waals surface area contributed by atoms with Crippen molar-refractivity contribution in [1.82, 2.24) is 15.5 Å². The summed E-state index contributed by atoms with van der Waals surface area (Å²) < 4.78 is 28.8. The van der Waals surface area contributed by atoms with Crippen LogP contribution in [0.25, 0.3) is 0 Å². The number of carbonyl (C=O) groups excluding carboxylic acids is 2. The highest BCUT2D eigenvalue weighted by atomic mass is 79.9. The topological polar surface area (TPSA) is 151 Å². The molecule has 1 unspecified atom stereocenters. The summed E-state index contributed by atoms with van der Waals surface area (Å²) in [4.78, 5) is 43.2. The number of hydrogen-bond acceptors (Lipinski definition) is 7. The van der Waals surface area contributed by atoms with Gasteiger partial charge in [0.05, 0.1) is 35.3 Å². The molecule has 2 aromatic rings. The second kappa shape index (κ2) is 13.3. The third kappa shape index (κ3) is 8.46. The maximum atomic E-state index is 13.6. The van der Waals surface area contributed by atoms with E-state index >= 15 is 0 Å². The molecule has 0 saturated heterocycles. The van der Waals surface area contributed by atoms with Gasteiger partial charge in [0.1, 0.15) is 0 Å². The van der Waals surface area contributed by atoms with Crippen LogP contribution in [-0.2, 0) is 41.4 Å². The number of amides is 1. The van der Waals surface area contributed by atoms with Crippen LogP contribution in [0.3, 0.4) is 0 Å². The van der Waals surface area contributed by atoms with Crippen LogP contribution >= 0.6 is 15.9 Å². The van der Waals surface area contributed by atoms with E-state index in [0.717, 1.165) is 5.56 Å². The molecule has 1 aliphatic heterocycles. The number of nitrogens with one attached hydrogen (secondary N) is 3. The highest BCUT2D eigenvalue weighted by Gasteiger charge is 2.46. The Balaban J connectivity index is 1.94. The fourth-order valence-electron chi connectivity index (χ4n) is 4.17. The molecule has 0 spiro atoms. The van der Waals surface area contributed by atoms with Crippen molar-refractivity contribution in [3.8, 4) is 0 Å². The maximum absolute atomic E-state index is 13.6. The Bertz CT molecular complexity index is 1300. The first kappa shape index (κ1) is 30.5. The summed E-state index contributed by atoms with van der Waals surface area (Å²) in [5.41, 5.74) is 2.74. The fraction of sp³-hybridized carbons (Fsp3) is 0.370. The smallest absolute Gasteiger partial charge is 0.305 e. The summed E-state index contributed by atoms with van der Waals surface area (Å²) in [6.45, 7) is 3.65. The van der Waals surface area contributed by atoms with E-state index in [1.165, 1.54) is 6.08 Å². The number of hydroxylamine groups is 1. The molecule has 10 nitrogen and oxygen atoms in total. The van der Waals surface area contributed by atoms with Crippen LogP contribution in [0.5, 0.6) is 0 Å². The van der Waals surface area contributed by atoms with Crippen LogP contribution in [0.2, 0.25) is 0 Å². The number of benzene rings is 2. The first-order chi connectivity index (χ1) is 18.4. The summed E-state index contributed by atoms with van der Waals surface area (Å²) in [5.74, 6) is -2.95. The number of carboxylic acid groups (broad SMARTS) is 1. The summed E-state index contributed by atoms with van der Waals surface area (Å²) in [6.07, 6.45) is 0.941. The molecule has 3 atom stereocenters. The molecule has 4 N–H and O–H groups in total. The van der Waals surface area contributed by atoms with Crippen LogP contribution in [0.4, 0.5) is 0 Å². The number of carbonyl (C=O) groups is 3. The quantitative estimate of drug-likeness (QED) is 0.235. The Morgan fingerprint density at radius 1 is 1.03 bits per heavy atom. The number of carboxylic acids is 1. The number of sulfonamides is 1. The second-order valence-corrected chi connectivity index (χ2v) is 12.0. The minimum Gasteiger partial charge on any atom is -0.481 e. The molecule has 12 heteroatoms. The zero-order valence-electron chi connectivity index (χ0n) is 21.6. The molecule has 0 aliphatic carbocycles. The van der Waals surface area contributed by atoms with E-state index in [2.05, 4.69) is 31.4 Å². The minimum absolute atomic E-state index is 0.0417. The molecule has 1 aliphatic rings. The van der Waals surface area contributed by atoms with Gasteiger partial charge in [0.2, 0.25) is 10.0 Å². The molecule has 0 aromatic heterocycles. The number of Topliss-reactive ketones (excluding diaryl/α,β-unsaturated/α-hetero) is 1. The van der Waals surface area contributed by atoms with Gasteiger partial charge < -0.3 is 10.4 Å². The molecule has 3 rings (SSSR count). The van der Waals surface area contributed by atoms with Crippen molar-refractivity contribution in [2.75, 3.05) is 5.33 Å². The van der Waals surface area contributed by atoms with Crippen LogP contribution < -0.4 is 15.5 Å². The van der Waals surface area contributed by atoms with E-state index in [-0.39, 0.29) is 23.4 Å². The van der Waals surface area contributed by atoms with Crippen molar-refractivity contribution in [1.29, 1.82) is 0 Å². The number of aliphatic carboxylic acids is 1. The van der Waals surface area contributed by atoms with Gasteiger partial charge in [-0.25, -0.2) is 13.1 Å². The van der Waals surface area contributed by atoms with E-state index in [4.69, 9.17) is 4.84 Å². The molecule has 2 aromatic carbocycles. The van der Waals surface area contributed by atoms with Gasteiger partial charge in [-0.15, -0.1) is 0 Å². The fourth-order valence-corrected chi connectivity index (χ4v) is 6.06. The molecule has 1 amide bonds. The Hall–Kier alpha value is -3.06. The van der Waals surface area contributed by atoms with Crippen molar-refractivity contribution in [3.05, 3.63) is 83.6 Å². The third-order valence-electron chi connectivity index (χ3n) is 6.15. The Morgan fingerprint density at radius 3 is 2.15 bits per heavy atom. The molecule has 39 heavy (non-hydrogen) atoms.